The molecule has 0 aliphatic rings. The Hall–Kier alpha value is -3.01. The van der Waals surface area contributed by atoms with E-state index in [4.69, 9.17) is 9.15 Å². The number of carbonyl (C=O) groups is 1. The first-order valence-electron chi connectivity index (χ1n) is 10.2. The highest BCUT2D eigenvalue weighted by molar-refractivity contribution is 5.75. The summed E-state index contributed by atoms with van der Waals surface area (Å²) in [4.78, 5) is 14.4. The van der Waals surface area contributed by atoms with Crippen molar-refractivity contribution in [2.75, 3.05) is 13.7 Å². The Bertz CT molecular complexity index is 857. The molecule has 0 unspecified atom stereocenters. The number of methoxy groups -OCH3 is 1. The summed E-state index contributed by atoms with van der Waals surface area (Å²) >= 11 is 0. The number of hydrogen-bond donors (Lipinski definition) is 0. The Morgan fingerprint density at radius 2 is 1.79 bits per heavy atom. The van der Waals surface area contributed by atoms with Crippen LogP contribution in [0.15, 0.2) is 77.4 Å². The lowest BCUT2D eigenvalue weighted by Crippen LogP contribution is -2.31. The molecule has 0 saturated heterocycles. The highest BCUT2D eigenvalue weighted by Gasteiger charge is 2.18. The molecule has 1 heterocycles. The Kier molecular flexibility index (Phi) is 7.51. The average molecular weight is 392 g/mol. The van der Waals surface area contributed by atoms with Gasteiger partial charge in [0, 0.05) is 13.0 Å². The molecule has 0 bridgehead atoms. The fraction of sp³-hybridized carbons (Fsp3) is 0.320. The Balaban J connectivity index is 1.75. The number of furan rings is 1. The second-order valence-electron chi connectivity index (χ2n) is 7.20. The molecule has 29 heavy (non-hydrogen) atoms. The van der Waals surface area contributed by atoms with Crippen LogP contribution in [0.2, 0.25) is 0 Å². The molecule has 0 aliphatic carbocycles. The normalized spacial score (nSPS) is 11.8. The van der Waals surface area contributed by atoms with Gasteiger partial charge < -0.3 is 14.1 Å². The van der Waals surface area contributed by atoms with E-state index < -0.39 is 0 Å². The molecule has 1 aromatic heterocycles. The maximum atomic E-state index is 12.5. The summed E-state index contributed by atoms with van der Waals surface area (Å²) in [7, 11) is 1.68. The molecule has 152 valence electrons. The summed E-state index contributed by atoms with van der Waals surface area (Å²) in [6.45, 7) is 3.11. The van der Waals surface area contributed by atoms with Crippen LogP contribution in [0.3, 0.4) is 0 Å². The first-order chi connectivity index (χ1) is 14.2. The van der Waals surface area contributed by atoms with E-state index in [0.717, 1.165) is 24.4 Å². The zero-order chi connectivity index (χ0) is 20.5. The highest BCUT2D eigenvalue weighted by Crippen LogP contribution is 2.27. The summed E-state index contributed by atoms with van der Waals surface area (Å²) in [5.41, 5.74) is 2.56. The van der Waals surface area contributed by atoms with Crippen molar-refractivity contribution in [1.29, 1.82) is 0 Å². The number of ether oxygens (including phenoxy) is 1. The van der Waals surface area contributed by atoms with Gasteiger partial charge in [-0.25, -0.2) is 0 Å². The van der Waals surface area contributed by atoms with Crippen LogP contribution in [-0.2, 0) is 17.8 Å². The van der Waals surface area contributed by atoms with Crippen LogP contribution in [-0.4, -0.2) is 24.5 Å². The zero-order valence-electron chi connectivity index (χ0n) is 17.2. The van der Waals surface area contributed by atoms with Gasteiger partial charge in [0.05, 0.1) is 19.9 Å². The fourth-order valence-electron chi connectivity index (χ4n) is 3.58. The van der Waals surface area contributed by atoms with E-state index in [9.17, 15) is 4.79 Å². The predicted molar refractivity (Wildman–Crippen MR) is 115 cm³/mol. The van der Waals surface area contributed by atoms with Crippen LogP contribution >= 0.6 is 0 Å². The molecular weight excluding hydrogens is 362 g/mol. The molecule has 0 spiro atoms. The molecule has 3 rings (SSSR count). The number of rotatable bonds is 10. The van der Waals surface area contributed by atoms with Crippen LogP contribution in [0, 0.1) is 0 Å². The SMILES string of the molecule is CCC(=O)N(CC[C@@H](Cc1ccccc1)c1ccc(OC)cc1)Cc1ccco1. The third-order valence-corrected chi connectivity index (χ3v) is 5.24. The lowest BCUT2D eigenvalue weighted by Gasteiger charge is -2.25. The van der Waals surface area contributed by atoms with E-state index in [0.29, 0.717) is 25.4 Å². The maximum absolute atomic E-state index is 12.5. The van der Waals surface area contributed by atoms with Gasteiger partial charge in [0.25, 0.3) is 0 Å². The number of amides is 1. The van der Waals surface area contributed by atoms with Crippen molar-refractivity contribution < 1.29 is 13.9 Å². The molecule has 0 saturated carbocycles. The predicted octanol–water partition coefficient (Wildman–Crippen LogP) is 5.44. The molecule has 3 aromatic rings. The Labute approximate surface area is 173 Å². The van der Waals surface area contributed by atoms with E-state index >= 15 is 0 Å². The topological polar surface area (TPSA) is 42.7 Å². The minimum absolute atomic E-state index is 0.148. The second kappa shape index (κ2) is 10.5. The lowest BCUT2D eigenvalue weighted by molar-refractivity contribution is -0.131. The summed E-state index contributed by atoms with van der Waals surface area (Å²) < 4.78 is 10.8. The molecule has 0 aliphatic heterocycles. The summed E-state index contributed by atoms with van der Waals surface area (Å²) in [5.74, 6) is 2.13. The first kappa shape index (κ1) is 20.7. The average Bonchev–Trinajstić information content (AvgIpc) is 3.29. The molecule has 2 aromatic carbocycles. The zero-order valence-corrected chi connectivity index (χ0v) is 17.2. The molecular formula is C25H29NO3. The smallest absolute Gasteiger partial charge is 0.222 e. The van der Waals surface area contributed by atoms with Gasteiger partial charge >= 0.3 is 0 Å². The van der Waals surface area contributed by atoms with Crippen LogP contribution in [0.5, 0.6) is 5.75 Å². The Morgan fingerprint density at radius 3 is 2.41 bits per heavy atom. The van der Waals surface area contributed by atoms with Crippen LogP contribution in [0.1, 0.15) is 42.6 Å². The van der Waals surface area contributed by atoms with E-state index in [1.54, 1.807) is 13.4 Å². The molecule has 0 N–H and O–H groups in total. The minimum Gasteiger partial charge on any atom is -0.497 e. The van der Waals surface area contributed by atoms with E-state index in [2.05, 4.69) is 36.4 Å². The van der Waals surface area contributed by atoms with Crippen molar-refractivity contribution in [2.45, 2.75) is 38.6 Å². The van der Waals surface area contributed by atoms with Gasteiger partial charge in [-0.05, 0) is 54.2 Å². The lowest BCUT2D eigenvalue weighted by atomic mass is 9.89. The first-order valence-corrected chi connectivity index (χ1v) is 10.2. The number of hydrogen-bond acceptors (Lipinski definition) is 3. The van der Waals surface area contributed by atoms with E-state index in [1.165, 1.54) is 11.1 Å². The van der Waals surface area contributed by atoms with E-state index in [-0.39, 0.29) is 5.91 Å². The van der Waals surface area contributed by atoms with Gasteiger partial charge in [0.1, 0.15) is 11.5 Å². The third-order valence-electron chi connectivity index (χ3n) is 5.24. The van der Waals surface area contributed by atoms with Crippen molar-refractivity contribution in [2.24, 2.45) is 0 Å². The van der Waals surface area contributed by atoms with Crippen LogP contribution in [0.25, 0.3) is 0 Å². The highest BCUT2D eigenvalue weighted by atomic mass is 16.5. The molecule has 1 amide bonds. The van der Waals surface area contributed by atoms with Gasteiger partial charge in [-0.2, -0.15) is 0 Å². The van der Waals surface area contributed by atoms with Crippen LogP contribution < -0.4 is 4.74 Å². The van der Waals surface area contributed by atoms with Gasteiger partial charge in [0.2, 0.25) is 5.91 Å². The fourth-order valence-corrected chi connectivity index (χ4v) is 3.58. The molecule has 4 nitrogen and oxygen atoms in total. The van der Waals surface area contributed by atoms with Gasteiger partial charge in [-0.1, -0.05) is 49.4 Å². The number of nitrogens with zero attached hydrogens (tertiary/aromatic N) is 1. The standard InChI is InChI=1S/C25H29NO3/c1-3-25(27)26(19-24-10-7-17-29-24)16-15-22(18-20-8-5-4-6-9-20)21-11-13-23(28-2)14-12-21/h4-14,17,22H,3,15-16,18-19H2,1-2H3/t22-/m0/s1. The summed E-state index contributed by atoms with van der Waals surface area (Å²) in [5, 5.41) is 0. The monoisotopic (exact) mass is 391 g/mol. The van der Waals surface area contributed by atoms with Crippen molar-refractivity contribution >= 4 is 5.91 Å². The number of carbonyl (C=O) groups excluding carboxylic acids is 1. The van der Waals surface area contributed by atoms with Gasteiger partial charge in [0.15, 0.2) is 0 Å². The molecule has 0 fully saturated rings. The minimum atomic E-state index is 0.148. The van der Waals surface area contributed by atoms with Crippen molar-refractivity contribution in [1.82, 2.24) is 4.90 Å². The van der Waals surface area contributed by atoms with Crippen molar-refractivity contribution in [3.8, 4) is 5.75 Å². The maximum Gasteiger partial charge on any atom is 0.222 e. The van der Waals surface area contributed by atoms with Crippen LogP contribution in [0.4, 0.5) is 0 Å². The van der Waals surface area contributed by atoms with Crippen molar-refractivity contribution in [3.63, 3.8) is 0 Å². The van der Waals surface area contributed by atoms with Gasteiger partial charge in [-0.15, -0.1) is 0 Å². The molecule has 4 heteroatoms. The number of benzene rings is 2. The molecule has 0 radical (unpaired) electrons. The van der Waals surface area contributed by atoms with Gasteiger partial charge in [-0.3, -0.25) is 4.79 Å². The largest absolute Gasteiger partial charge is 0.497 e. The Morgan fingerprint density at radius 1 is 1.03 bits per heavy atom. The summed E-state index contributed by atoms with van der Waals surface area (Å²) in [6.07, 6.45) is 3.96. The van der Waals surface area contributed by atoms with E-state index in [1.807, 2.05) is 42.2 Å². The summed E-state index contributed by atoms with van der Waals surface area (Å²) in [6, 6.07) is 22.6. The third kappa shape index (κ3) is 5.98. The quantitative estimate of drug-likeness (QED) is 0.462. The molecule has 1 atom stereocenters. The van der Waals surface area contributed by atoms with Crippen molar-refractivity contribution in [3.05, 3.63) is 89.9 Å². The second-order valence-corrected chi connectivity index (χ2v) is 7.20.